The first-order chi connectivity index (χ1) is 27.2. The molecule has 0 radical (unpaired) electrons. The average Bonchev–Trinajstić information content (AvgIpc) is 3.82. The Kier molecular flexibility index (Phi) is 7.39. The Bertz CT molecular complexity index is 3190. The molecule has 0 saturated heterocycles. The van der Waals surface area contributed by atoms with Crippen LogP contribution in [0.15, 0.2) is 205 Å². The number of thiophene rings is 1. The molecular formula is C52H33NOS. The zero-order valence-corrected chi connectivity index (χ0v) is 30.6. The molecule has 0 fully saturated rings. The standard InChI is InChI=1S/C52H33NOS/c1-2-10-34(11-3-1)35-22-26-41(27-23-35)53(43-13-8-12-39(31-43)44-16-9-19-51-52(44)46-15-5-7-18-50(46)55-51)42-28-24-36(25-29-42)37-20-21-38-32-47-45-14-4-6-17-48(45)54-49(47)33-40(38)30-37/h1-33H. The maximum absolute atomic E-state index is 6.23. The van der Waals surface area contributed by atoms with Crippen LogP contribution < -0.4 is 4.90 Å². The van der Waals surface area contributed by atoms with Gasteiger partial charge in [0.05, 0.1) is 0 Å². The quantitative estimate of drug-likeness (QED) is 0.170. The lowest BCUT2D eigenvalue weighted by atomic mass is 9.98. The van der Waals surface area contributed by atoms with Crippen LogP contribution in [0.5, 0.6) is 0 Å². The van der Waals surface area contributed by atoms with E-state index in [4.69, 9.17) is 4.42 Å². The molecule has 0 spiro atoms. The van der Waals surface area contributed by atoms with Gasteiger partial charge < -0.3 is 9.32 Å². The molecule has 0 bridgehead atoms. The van der Waals surface area contributed by atoms with E-state index in [0.717, 1.165) is 39.0 Å². The zero-order valence-electron chi connectivity index (χ0n) is 29.8. The van der Waals surface area contributed by atoms with E-state index < -0.39 is 0 Å². The van der Waals surface area contributed by atoms with Crippen LogP contribution >= 0.6 is 11.3 Å². The Morgan fingerprint density at radius 2 is 0.982 bits per heavy atom. The molecule has 2 nitrogen and oxygen atoms in total. The minimum Gasteiger partial charge on any atom is -0.456 e. The number of benzene rings is 9. The second kappa shape index (κ2) is 12.9. The molecule has 55 heavy (non-hydrogen) atoms. The van der Waals surface area contributed by atoms with E-state index in [1.165, 1.54) is 64.3 Å². The predicted octanol–water partition coefficient (Wildman–Crippen LogP) is 15.6. The number of rotatable bonds is 6. The Balaban J connectivity index is 1.00. The van der Waals surface area contributed by atoms with E-state index in [2.05, 4.69) is 193 Å². The second-order valence-corrected chi connectivity index (χ2v) is 15.2. The topological polar surface area (TPSA) is 16.4 Å². The van der Waals surface area contributed by atoms with Crippen molar-refractivity contribution in [1.29, 1.82) is 0 Å². The molecule has 3 heteroatoms. The highest BCUT2D eigenvalue weighted by molar-refractivity contribution is 7.25. The van der Waals surface area contributed by atoms with Crippen molar-refractivity contribution >= 4 is 81.3 Å². The number of hydrogen-bond donors (Lipinski definition) is 0. The maximum Gasteiger partial charge on any atom is 0.136 e. The zero-order chi connectivity index (χ0) is 36.3. The van der Waals surface area contributed by atoms with Crippen molar-refractivity contribution in [2.45, 2.75) is 0 Å². The predicted molar refractivity (Wildman–Crippen MR) is 235 cm³/mol. The summed E-state index contributed by atoms with van der Waals surface area (Å²) in [5.41, 5.74) is 12.3. The number of para-hydroxylation sites is 1. The molecule has 0 aliphatic heterocycles. The third kappa shape index (κ3) is 5.48. The molecule has 0 aliphatic rings. The molecule has 9 aromatic carbocycles. The Morgan fingerprint density at radius 3 is 1.80 bits per heavy atom. The first kappa shape index (κ1) is 31.6. The Hall–Kier alpha value is -6.94. The van der Waals surface area contributed by atoms with Gasteiger partial charge in [-0.25, -0.2) is 0 Å². The number of nitrogens with zero attached hydrogens (tertiary/aromatic N) is 1. The lowest BCUT2D eigenvalue weighted by molar-refractivity contribution is 0.669. The molecule has 0 amide bonds. The third-order valence-electron chi connectivity index (χ3n) is 10.8. The van der Waals surface area contributed by atoms with Gasteiger partial charge in [-0.15, -0.1) is 11.3 Å². The van der Waals surface area contributed by atoms with Crippen LogP contribution in [0.4, 0.5) is 17.1 Å². The molecule has 0 aliphatic carbocycles. The number of fused-ring (bicyclic) bond motifs is 7. The smallest absolute Gasteiger partial charge is 0.136 e. The summed E-state index contributed by atoms with van der Waals surface area (Å²) in [7, 11) is 0. The van der Waals surface area contributed by atoms with Crippen LogP contribution in [0.2, 0.25) is 0 Å². The summed E-state index contributed by atoms with van der Waals surface area (Å²) < 4.78 is 8.86. The van der Waals surface area contributed by atoms with Crippen LogP contribution in [0.25, 0.3) is 86.3 Å². The molecule has 0 atom stereocenters. The third-order valence-corrected chi connectivity index (χ3v) is 12.0. The van der Waals surface area contributed by atoms with Crippen molar-refractivity contribution in [3.63, 3.8) is 0 Å². The molecule has 0 saturated carbocycles. The molecule has 11 rings (SSSR count). The highest BCUT2D eigenvalue weighted by Gasteiger charge is 2.17. The molecule has 11 aromatic rings. The largest absolute Gasteiger partial charge is 0.456 e. The van der Waals surface area contributed by atoms with Gasteiger partial charge in [0, 0.05) is 48.0 Å². The first-order valence-electron chi connectivity index (χ1n) is 18.7. The summed E-state index contributed by atoms with van der Waals surface area (Å²) in [6, 6.07) is 72.3. The van der Waals surface area contributed by atoms with Gasteiger partial charge in [-0.2, -0.15) is 0 Å². The van der Waals surface area contributed by atoms with Crippen molar-refractivity contribution in [1.82, 2.24) is 0 Å². The highest BCUT2D eigenvalue weighted by atomic mass is 32.1. The lowest BCUT2D eigenvalue weighted by Gasteiger charge is -2.26. The van der Waals surface area contributed by atoms with Gasteiger partial charge in [-0.3, -0.25) is 0 Å². The minimum atomic E-state index is 0.917. The monoisotopic (exact) mass is 719 g/mol. The number of anilines is 3. The first-order valence-corrected chi connectivity index (χ1v) is 19.5. The van der Waals surface area contributed by atoms with E-state index in [1.54, 1.807) is 0 Å². The molecule has 0 unspecified atom stereocenters. The summed E-state index contributed by atoms with van der Waals surface area (Å²) in [6.45, 7) is 0. The van der Waals surface area contributed by atoms with Crippen molar-refractivity contribution in [3.05, 3.63) is 200 Å². The number of hydrogen-bond acceptors (Lipinski definition) is 3. The molecular weight excluding hydrogens is 687 g/mol. The second-order valence-electron chi connectivity index (χ2n) is 14.1. The van der Waals surface area contributed by atoms with Crippen LogP contribution in [-0.2, 0) is 0 Å². The van der Waals surface area contributed by atoms with Crippen molar-refractivity contribution in [2.24, 2.45) is 0 Å². The van der Waals surface area contributed by atoms with Gasteiger partial charge in [-0.1, -0.05) is 127 Å². The Morgan fingerprint density at radius 1 is 0.345 bits per heavy atom. The van der Waals surface area contributed by atoms with E-state index in [0.29, 0.717) is 0 Å². The van der Waals surface area contributed by atoms with Gasteiger partial charge in [0.25, 0.3) is 0 Å². The van der Waals surface area contributed by atoms with Crippen LogP contribution in [0.3, 0.4) is 0 Å². The number of furan rings is 1. The maximum atomic E-state index is 6.23. The SMILES string of the molecule is c1ccc(-c2ccc(N(c3ccc(-c4ccc5cc6c(cc5c4)oc4ccccc46)cc3)c3cccc(-c4cccc5sc6ccccc6c45)c3)cc2)cc1. The summed E-state index contributed by atoms with van der Waals surface area (Å²) in [4.78, 5) is 2.37. The molecule has 2 heterocycles. The van der Waals surface area contributed by atoms with Gasteiger partial charge in [0.2, 0.25) is 0 Å². The van der Waals surface area contributed by atoms with E-state index in [9.17, 15) is 0 Å². The summed E-state index contributed by atoms with van der Waals surface area (Å²) in [6.07, 6.45) is 0. The summed E-state index contributed by atoms with van der Waals surface area (Å²) >= 11 is 1.86. The molecule has 258 valence electrons. The fourth-order valence-electron chi connectivity index (χ4n) is 8.16. The minimum absolute atomic E-state index is 0.917. The van der Waals surface area contributed by atoms with Crippen molar-refractivity contribution < 1.29 is 4.42 Å². The Labute approximate surface area is 322 Å². The molecule has 0 N–H and O–H groups in total. The average molecular weight is 720 g/mol. The van der Waals surface area contributed by atoms with Gasteiger partial charge in [0.15, 0.2) is 0 Å². The lowest BCUT2D eigenvalue weighted by Crippen LogP contribution is -2.10. The summed E-state index contributed by atoms with van der Waals surface area (Å²) in [5, 5.41) is 7.31. The summed E-state index contributed by atoms with van der Waals surface area (Å²) in [5.74, 6) is 0. The molecule has 2 aromatic heterocycles. The van der Waals surface area contributed by atoms with Gasteiger partial charge in [-0.05, 0) is 117 Å². The fourth-order valence-corrected chi connectivity index (χ4v) is 9.29. The van der Waals surface area contributed by atoms with Crippen LogP contribution in [-0.4, -0.2) is 0 Å². The van der Waals surface area contributed by atoms with Gasteiger partial charge in [0.1, 0.15) is 11.2 Å². The normalized spacial score (nSPS) is 11.6. The van der Waals surface area contributed by atoms with Gasteiger partial charge >= 0.3 is 0 Å². The fraction of sp³-hybridized carbons (Fsp3) is 0. The highest BCUT2D eigenvalue weighted by Crippen LogP contribution is 2.43. The van der Waals surface area contributed by atoms with E-state index in [1.807, 2.05) is 23.5 Å². The van der Waals surface area contributed by atoms with Crippen LogP contribution in [0, 0.1) is 0 Å². The van der Waals surface area contributed by atoms with E-state index in [-0.39, 0.29) is 0 Å². The van der Waals surface area contributed by atoms with Crippen molar-refractivity contribution in [2.75, 3.05) is 4.90 Å². The van der Waals surface area contributed by atoms with Crippen molar-refractivity contribution in [3.8, 4) is 33.4 Å². The van der Waals surface area contributed by atoms with E-state index >= 15 is 0 Å². The van der Waals surface area contributed by atoms with Crippen LogP contribution in [0.1, 0.15) is 0 Å².